The molecule has 1 saturated heterocycles. The van der Waals surface area contributed by atoms with Gasteiger partial charge in [0, 0.05) is 43.6 Å². The molecule has 1 aromatic heterocycles. The molecule has 0 atom stereocenters. The molecule has 2 heterocycles. The average molecular weight is 324 g/mol. The van der Waals surface area contributed by atoms with Crippen molar-refractivity contribution in [3.8, 4) is 5.88 Å². The van der Waals surface area contributed by atoms with E-state index >= 15 is 0 Å². The first-order valence-corrected chi connectivity index (χ1v) is 8.16. The van der Waals surface area contributed by atoms with E-state index in [1.807, 2.05) is 19.1 Å². The summed E-state index contributed by atoms with van der Waals surface area (Å²) in [4.78, 5) is 18.1. The van der Waals surface area contributed by atoms with Crippen LogP contribution in [-0.2, 0) is 4.79 Å². The Hall–Kier alpha value is -1.72. The molecule has 1 aliphatic carbocycles. The number of carbonyl (C=O) groups is 1. The Bertz CT molecular complexity index is 563. The lowest BCUT2D eigenvalue weighted by Gasteiger charge is -2.39. The summed E-state index contributed by atoms with van der Waals surface area (Å²) >= 11 is 0. The summed E-state index contributed by atoms with van der Waals surface area (Å²) in [6.07, 6.45) is 2.83. The molecule has 1 aromatic rings. The molecule has 0 N–H and O–H groups in total. The Kier molecular flexibility index (Phi) is 4.50. The standard InChI is InChI=1S/C17H22F2N2O2/c1-12-3-2-6-20-15(12)23-11-13-4-7-21(8-5-13)16(22)14-9-17(18,19)10-14/h2-3,6,13-14H,4-5,7-11H2,1H3. The van der Waals surface area contributed by atoms with Gasteiger partial charge >= 0.3 is 0 Å². The number of alkyl halides is 2. The fourth-order valence-corrected chi connectivity index (χ4v) is 3.23. The van der Waals surface area contributed by atoms with Crippen molar-refractivity contribution in [1.82, 2.24) is 9.88 Å². The monoisotopic (exact) mass is 324 g/mol. The number of nitrogens with zero attached hydrogens (tertiary/aromatic N) is 2. The van der Waals surface area contributed by atoms with Crippen molar-refractivity contribution in [3.63, 3.8) is 0 Å². The number of rotatable bonds is 4. The lowest BCUT2D eigenvalue weighted by Crippen LogP contribution is -2.49. The molecule has 0 bridgehead atoms. The van der Waals surface area contributed by atoms with Gasteiger partial charge in [-0.25, -0.2) is 13.8 Å². The number of aryl methyl sites for hydroxylation is 1. The molecule has 3 rings (SSSR count). The predicted octanol–water partition coefficient (Wildman–Crippen LogP) is 3.05. The molecule has 2 aliphatic rings. The predicted molar refractivity (Wildman–Crippen MR) is 81.4 cm³/mol. The van der Waals surface area contributed by atoms with E-state index in [4.69, 9.17) is 4.74 Å². The number of piperidine rings is 1. The van der Waals surface area contributed by atoms with Crippen LogP contribution in [0.1, 0.15) is 31.2 Å². The Morgan fingerprint density at radius 2 is 2.09 bits per heavy atom. The number of likely N-dealkylation sites (tertiary alicyclic amines) is 1. The Morgan fingerprint density at radius 1 is 1.39 bits per heavy atom. The number of amides is 1. The van der Waals surface area contributed by atoms with Crippen LogP contribution in [-0.4, -0.2) is 41.4 Å². The maximum Gasteiger partial charge on any atom is 0.249 e. The minimum Gasteiger partial charge on any atom is -0.477 e. The molecule has 126 valence electrons. The van der Waals surface area contributed by atoms with Gasteiger partial charge in [0.15, 0.2) is 0 Å². The molecule has 1 amide bonds. The molecule has 4 nitrogen and oxygen atoms in total. The summed E-state index contributed by atoms with van der Waals surface area (Å²) in [5, 5.41) is 0. The number of hydrogen-bond donors (Lipinski definition) is 0. The van der Waals surface area contributed by atoms with Crippen LogP contribution >= 0.6 is 0 Å². The van der Waals surface area contributed by atoms with Crippen molar-refractivity contribution in [2.24, 2.45) is 11.8 Å². The van der Waals surface area contributed by atoms with Gasteiger partial charge in [-0.2, -0.15) is 0 Å². The summed E-state index contributed by atoms with van der Waals surface area (Å²) in [7, 11) is 0. The second-order valence-electron chi connectivity index (χ2n) is 6.67. The van der Waals surface area contributed by atoms with Gasteiger partial charge in [-0.3, -0.25) is 4.79 Å². The fraction of sp³-hybridized carbons (Fsp3) is 0.647. The van der Waals surface area contributed by atoms with Gasteiger partial charge in [0.25, 0.3) is 0 Å². The maximum absolute atomic E-state index is 12.9. The molecule has 0 unspecified atom stereocenters. The molecule has 23 heavy (non-hydrogen) atoms. The molecule has 1 aliphatic heterocycles. The summed E-state index contributed by atoms with van der Waals surface area (Å²) in [6.45, 7) is 3.81. The van der Waals surface area contributed by atoms with Crippen LogP contribution < -0.4 is 4.74 Å². The molecule has 2 fully saturated rings. The summed E-state index contributed by atoms with van der Waals surface area (Å²) in [6, 6.07) is 3.83. The maximum atomic E-state index is 12.9. The van der Waals surface area contributed by atoms with Crippen LogP contribution in [0.5, 0.6) is 5.88 Å². The van der Waals surface area contributed by atoms with Crippen molar-refractivity contribution in [2.75, 3.05) is 19.7 Å². The highest BCUT2D eigenvalue weighted by Crippen LogP contribution is 2.43. The van der Waals surface area contributed by atoms with Crippen LogP contribution in [0.3, 0.4) is 0 Å². The summed E-state index contributed by atoms with van der Waals surface area (Å²) < 4.78 is 31.5. The first-order chi connectivity index (χ1) is 10.9. The van der Waals surface area contributed by atoms with Crippen molar-refractivity contribution in [3.05, 3.63) is 23.9 Å². The van der Waals surface area contributed by atoms with E-state index in [0.29, 0.717) is 31.5 Å². The quantitative estimate of drug-likeness (QED) is 0.855. The van der Waals surface area contributed by atoms with Crippen molar-refractivity contribution in [2.45, 2.75) is 38.5 Å². The molecule has 0 spiro atoms. The first kappa shape index (κ1) is 16.1. The number of hydrogen-bond acceptors (Lipinski definition) is 3. The smallest absolute Gasteiger partial charge is 0.249 e. The second-order valence-corrected chi connectivity index (χ2v) is 6.67. The highest BCUT2D eigenvalue weighted by Gasteiger charge is 2.49. The van der Waals surface area contributed by atoms with Crippen LogP contribution in [0, 0.1) is 18.8 Å². The molecule has 0 aromatic carbocycles. The van der Waals surface area contributed by atoms with E-state index in [1.54, 1.807) is 11.1 Å². The average Bonchev–Trinajstić information content (AvgIpc) is 2.51. The molecule has 1 saturated carbocycles. The highest BCUT2D eigenvalue weighted by atomic mass is 19.3. The zero-order valence-electron chi connectivity index (χ0n) is 13.3. The van der Waals surface area contributed by atoms with Crippen LogP contribution in [0.15, 0.2) is 18.3 Å². The van der Waals surface area contributed by atoms with Gasteiger partial charge < -0.3 is 9.64 Å². The topological polar surface area (TPSA) is 42.4 Å². The number of pyridine rings is 1. The van der Waals surface area contributed by atoms with E-state index in [0.717, 1.165) is 18.4 Å². The third-order valence-electron chi connectivity index (χ3n) is 4.78. The minimum absolute atomic E-state index is 0.101. The van der Waals surface area contributed by atoms with Crippen LogP contribution in [0.2, 0.25) is 0 Å². The van der Waals surface area contributed by atoms with E-state index in [-0.39, 0.29) is 18.7 Å². The molecule has 6 heteroatoms. The third kappa shape index (κ3) is 3.79. The third-order valence-corrected chi connectivity index (χ3v) is 4.78. The number of aromatic nitrogens is 1. The van der Waals surface area contributed by atoms with Gasteiger partial charge in [0.1, 0.15) is 0 Å². The Balaban J connectivity index is 1.42. The number of ether oxygens (including phenoxy) is 1. The molecular formula is C17H22F2N2O2. The fourth-order valence-electron chi connectivity index (χ4n) is 3.23. The van der Waals surface area contributed by atoms with Gasteiger partial charge in [-0.1, -0.05) is 6.07 Å². The van der Waals surface area contributed by atoms with Crippen LogP contribution in [0.25, 0.3) is 0 Å². The first-order valence-electron chi connectivity index (χ1n) is 8.16. The number of halogens is 2. The number of carbonyl (C=O) groups excluding carboxylic acids is 1. The van der Waals surface area contributed by atoms with E-state index < -0.39 is 11.8 Å². The van der Waals surface area contributed by atoms with E-state index in [1.165, 1.54) is 0 Å². The zero-order chi connectivity index (χ0) is 16.4. The van der Waals surface area contributed by atoms with Crippen LogP contribution in [0.4, 0.5) is 8.78 Å². The van der Waals surface area contributed by atoms with Crippen molar-refractivity contribution >= 4 is 5.91 Å². The summed E-state index contributed by atoms with van der Waals surface area (Å²) in [5.41, 5.74) is 1.01. The normalized spacial score (nSPS) is 21.8. The minimum atomic E-state index is -2.63. The summed E-state index contributed by atoms with van der Waals surface area (Å²) in [5.74, 6) is -2.18. The molecular weight excluding hydrogens is 302 g/mol. The van der Waals surface area contributed by atoms with Gasteiger partial charge in [0.05, 0.1) is 6.61 Å². The Morgan fingerprint density at radius 3 is 2.70 bits per heavy atom. The Labute approximate surface area is 134 Å². The second kappa shape index (κ2) is 6.42. The van der Waals surface area contributed by atoms with Gasteiger partial charge in [-0.05, 0) is 31.7 Å². The largest absolute Gasteiger partial charge is 0.477 e. The van der Waals surface area contributed by atoms with Crippen molar-refractivity contribution in [1.29, 1.82) is 0 Å². The zero-order valence-corrected chi connectivity index (χ0v) is 13.3. The van der Waals surface area contributed by atoms with E-state index in [9.17, 15) is 13.6 Å². The lowest BCUT2D eigenvalue weighted by molar-refractivity contribution is -0.161. The lowest BCUT2D eigenvalue weighted by atomic mass is 9.80. The SMILES string of the molecule is Cc1cccnc1OCC1CCN(C(=O)C2CC(F)(F)C2)CC1. The van der Waals surface area contributed by atoms with Gasteiger partial charge in [-0.15, -0.1) is 0 Å². The van der Waals surface area contributed by atoms with Gasteiger partial charge in [0.2, 0.25) is 17.7 Å². The molecule has 0 radical (unpaired) electrons. The van der Waals surface area contributed by atoms with E-state index in [2.05, 4.69) is 4.98 Å². The highest BCUT2D eigenvalue weighted by molar-refractivity contribution is 5.80. The van der Waals surface area contributed by atoms with Crippen molar-refractivity contribution < 1.29 is 18.3 Å².